The third-order valence-electron chi connectivity index (χ3n) is 2.70. The first-order chi connectivity index (χ1) is 5.79. The van der Waals surface area contributed by atoms with Gasteiger partial charge >= 0.3 is 0 Å². The van der Waals surface area contributed by atoms with Crippen LogP contribution in [0.3, 0.4) is 0 Å². The van der Waals surface area contributed by atoms with Gasteiger partial charge in [0.25, 0.3) is 5.91 Å². The standard InChI is InChI=1S/C9H14N2O/c1-7-6-10-11(9(7)12)8-4-2-3-5-8/h6-8H,2-5H2,1H3. The Kier molecular flexibility index (Phi) is 1.87. The zero-order valence-corrected chi connectivity index (χ0v) is 7.36. The molecule has 0 aromatic carbocycles. The molecule has 1 amide bonds. The summed E-state index contributed by atoms with van der Waals surface area (Å²) in [6.45, 7) is 1.90. The maximum Gasteiger partial charge on any atom is 0.251 e. The molecule has 0 spiro atoms. The van der Waals surface area contributed by atoms with Crippen molar-refractivity contribution >= 4 is 12.1 Å². The lowest BCUT2D eigenvalue weighted by molar-refractivity contribution is -0.133. The summed E-state index contributed by atoms with van der Waals surface area (Å²) in [7, 11) is 0. The fourth-order valence-electron chi connectivity index (χ4n) is 1.92. The molecule has 1 unspecified atom stereocenters. The summed E-state index contributed by atoms with van der Waals surface area (Å²) in [4.78, 5) is 11.5. The molecular formula is C9H14N2O. The van der Waals surface area contributed by atoms with Crippen LogP contribution in [-0.4, -0.2) is 23.2 Å². The molecule has 2 aliphatic rings. The van der Waals surface area contributed by atoms with Gasteiger partial charge < -0.3 is 0 Å². The number of hydrogen-bond donors (Lipinski definition) is 0. The molecule has 0 radical (unpaired) electrons. The average Bonchev–Trinajstić information content (AvgIpc) is 2.64. The minimum Gasteiger partial charge on any atom is -0.272 e. The van der Waals surface area contributed by atoms with E-state index in [0.717, 1.165) is 12.8 Å². The maximum absolute atomic E-state index is 11.5. The van der Waals surface area contributed by atoms with Gasteiger partial charge in [0.05, 0.1) is 12.0 Å². The Morgan fingerprint density at radius 2 is 2.17 bits per heavy atom. The molecule has 1 heterocycles. The van der Waals surface area contributed by atoms with Crippen molar-refractivity contribution in [2.24, 2.45) is 11.0 Å². The van der Waals surface area contributed by atoms with E-state index in [1.165, 1.54) is 12.8 Å². The Morgan fingerprint density at radius 1 is 1.50 bits per heavy atom. The van der Waals surface area contributed by atoms with Gasteiger partial charge in [0, 0.05) is 6.21 Å². The van der Waals surface area contributed by atoms with Crippen LogP contribution in [0, 0.1) is 5.92 Å². The van der Waals surface area contributed by atoms with E-state index in [1.807, 2.05) is 6.92 Å². The SMILES string of the molecule is CC1C=NN(C2CCCC2)C1=O. The van der Waals surface area contributed by atoms with Gasteiger partial charge in [-0.3, -0.25) is 4.79 Å². The minimum absolute atomic E-state index is 0.00519. The zero-order valence-electron chi connectivity index (χ0n) is 7.36. The second kappa shape index (κ2) is 2.88. The maximum atomic E-state index is 11.5. The van der Waals surface area contributed by atoms with E-state index in [0.29, 0.717) is 6.04 Å². The molecule has 1 aliphatic carbocycles. The number of hydrogen-bond acceptors (Lipinski definition) is 2. The first-order valence-corrected chi connectivity index (χ1v) is 4.66. The number of nitrogens with zero attached hydrogens (tertiary/aromatic N) is 2. The Bertz CT molecular complexity index is 219. The van der Waals surface area contributed by atoms with E-state index in [4.69, 9.17) is 0 Å². The highest BCUT2D eigenvalue weighted by Crippen LogP contribution is 2.26. The van der Waals surface area contributed by atoms with Crippen LogP contribution in [0.15, 0.2) is 5.10 Å². The molecule has 0 N–H and O–H groups in total. The topological polar surface area (TPSA) is 32.7 Å². The molecule has 1 saturated carbocycles. The first kappa shape index (κ1) is 7.77. The van der Waals surface area contributed by atoms with Crippen LogP contribution >= 0.6 is 0 Å². The van der Waals surface area contributed by atoms with Crippen molar-refractivity contribution in [2.45, 2.75) is 38.6 Å². The molecule has 66 valence electrons. The van der Waals surface area contributed by atoms with E-state index in [1.54, 1.807) is 11.2 Å². The quantitative estimate of drug-likeness (QED) is 0.579. The lowest BCUT2D eigenvalue weighted by Crippen LogP contribution is -2.33. The summed E-state index contributed by atoms with van der Waals surface area (Å²) in [5.41, 5.74) is 0. The lowest BCUT2D eigenvalue weighted by atomic mass is 10.2. The minimum atomic E-state index is 0.00519. The van der Waals surface area contributed by atoms with Crippen LogP contribution in [0.25, 0.3) is 0 Å². The van der Waals surface area contributed by atoms with Gasteiger partial charge in [0.15, 0.2) is 0 Å². The van der Waals surface area contributed by atoms with Crippen molar-refractivity contribution in [3.05, 3.63) is 0 Å². The number of rotatable bonds is 1. The molecule has 0 aromatic rings. The summed E-state index contributed by atoms with van der Waals surface area (Å²) < 4.78 is 0. The molecule has 2 rings (SSSR count). The van der Waals surface area contributed by atoms with Crippen molar-refractivity contribution in [1.82, 2.24) is 5.01 Å². The second-order valence-electron chi connectivity index (χ2n) is 3.67. The Morgan fingerprint density at radius 3 is 2.67 bits per heavy atom. The molecule has 3 heteroatoms. The largest absolute Gasteiger partial charge is 0.272 e. The molecule has 0 aromatic heterocycles. The van der Waals surface area contributed by atoms with Crippen molar-refractivity contribution in [3.63, 3.8) is 0 Å². The highest BCUT2D eigenvalue weighted by atomic mass is 16.2. The van der Waals surface area contributed by atoms with Crippen LogP contribution in [0.4, 0.5) is 0 Å². The Labute approximate surface area is 72.4 Å². The van der Waals surface area contributed by atoms with Gasteiger partial charge in [0.1, 0.15) is 0 Å². The Hall–Kier alpha value is -0.860. The third-order valence-corrected chi connectivity index (χ3v) is 2.70. The second-order valence-corrected chi connectivity index (χ2v) is 3.67. The normalized spacial score (nSPS) is 30.6. The van der Waals surface area contributed by atoms with Crippen molar-refractivity contribution in [3.8, 4) is 0 Å². The van der Waals surface area contributed by atoms with Gasteiger partial charge in [-0.15, -0.1) is 0 Å². The van der Waals surface area contributed by atoms with Crippen LogP contribution < -0.4 is 0 Å². The van der Waals surface area contributed by atoms with Gasteiger partial charge in [-0.1, -0.05) is 12.8 Å². The number of carbonyl (C=O) groups is 1. The number of hydrazone groups is 1. The van der Waals surface area contributed by atoms with Gasteiger partial charge in [0.2, 0.25) is 0 Å². The summed E-state index contributed by atoms with van der Waals surface area (Å²) in [6, 6.07) is 0.402. The van der Waals surface area contributed by atoms with E-state index < -0.39 is 0 Å². The molecule has 1 aliphatic heterocycles. The molecule has 1 atom stereocenters. The molecule has 0 saturated heterocycles. The summed E-state index contributed by atoms with van der Waals surface area (Å²) in [5, 5.41) is 5.83. The van der Waals surface area contributed by atoms with Gasteiger partial charge in [-0.05, 0) is 19.8 Å². The van der Waals surface area contributed by atoms with Crippen LogP contribution in [0.1, 0.15) is 32.6 Å². The monoisotopic (exact) mass is 166 g/mol. The fraction of sp³-hybridized carbons (Fsp3) is 0.778. The van der Waals surface area contributed by atoms with Crippen molar-refractivity contribution in [2.75, 3.05) is 0 Å². The first-order valence-electron chi connectivity index (χ1n) is 4.66. The highest BCUT2D eigenvalue weighted by Gasteiger charge is 2.32. The van der Waals surface area contributed by atoms with Crippen LogP contribution in [0.2, 0.25) is 0 Å². The fourth-order valence-corrected chi connectivity index (χ4v) is 1.92. The summed E-state index contributed by atoms with van der Waals surface area (Å²) >= 11 is 0. The van der Waals surface area contributed by atoms with Crippen molar-refractivity contribution in [1.29, 1.82) is 0 Å². The van der Waals surface area contributed by atoms with Crippen LogP contribution in [-0.2, 0) is 4.79 Å². The van der Waals surface area contributed by atoms with Gasteiger partial charge in [-0.2, -0.15) is 5.10 Å². The van der Waals surface area contributed by atoms with E-state index in [-0.39, 0.29) is 11.8 Å². The smallest absolute Gasteiger partial charge is 0.251 e. The summed E-state index contributed by atoms with van der Waals surface area (Å²) in [6.07, 6.45) is 6.52. The van der Waals surface area contributed by atoms with E-state index >= 15 is 0 Å². The highest BCUT2D eigenvalue weighted by molar-refractivity contribution is 5.96. The average molecular weight is 166 g/mol. The van der Waals surface area contributed by atoms with E-state index in [2.05, 4.69) is 5.10 Å². The number of carbonyl (C=O) groups excluding carboxylic acids is 1. The van der Waals surface area contributed by atoms with Gasteiger partial charge in [-0.25, -0.2) is 5.01 Å². The molecule has 3 nitrogen and oxygen atoms in total. The zero-order chi connectivity index (χ0) is 8.55. The molecule has 12 heavy (non-hydrogen) atoms. The predicted octanol–water partition coefficient (Wildman–Crippen LogP) is 1.39. The Balaban J connectivity index is 2.05. The van der Waals surface area contributed by atoms with Crippen LogP contribution in [0.5, 0.6) is 0 Å². The van der Waals surface area contributed by atoms with E-state index in [9.17, 15) is 4.79 Å². The molecular weight excluding hydrogens is 152 g/mol. The lowest BCUT2D eigenvalue weighted by Gasteiger charge is -2.19. The van der Waals surface area contributed by atoms with Crippen molar-refractivity contribution < 1.29 is 4.79 Å². The summed E-state index contributed by atoms with van der Waals surface area (Å²) in [5.74, 6) is 0.187. The molecule has 1 fully saturated rings. The molecule has 0 bridgehead atoms. The predicted molar refractivity (Wildman–Crippen MR) is 46.8 cm³/mol. The third kappa shape index (κ3) is 1.13. The number of amides is 1.